The summed E-state index contributed by atoms with van der Waals surface area (Å²) in [4.78, 5) is 177. The Morgan fingerprint density at radius 1 is 0.395 bits per heavy atom. The van der Waals surface area contributed by atoms with E-state index in [2.05, 4.69) is 5.32 Å². The monoisotopic (exact) mass is 1210 g/mol. The molecule has 9 atom stereocenters. The van der Waals surface area contributed by atoms with E-state index in [0.29, 0.717) is 22.6 Å². The number of carboxylic acids is 7. The van der Waals surface area contributed by atoms with Crippen molar-refractivity contribution in [3.8, 4) is 11.5 Å². The van der Waals surface area contributed by atoms with Gasteiger partial charge in [0.25, 0.3) is 0 Å². The number of hydrogen-bond acceptors (Lipinski definition) is 19. The van der Waals surface area contributed by atoms with Crippen LogP contribution in [0.2, 0.25) is 0 Å². The second-order valence-electron chi connectivity index (χ2n) is 19.3. The van der Waals surface area contributed by atoms with Crippen molar-refractivity contribution in [3.05, 3.63) is 83.9 Å². The number of benzene rings is 4. The molecule has 4 aromatic rings. The molecule has 0 radical (unpaired) electrons. The van der Waals surface area contributed by atoms with Gasteiger partial charge in [-0.05, 0) is 70.8 Å². The number of methoxy groups -OCH3 is 2. The number of carbonyl (C=O) groups excluding carboxylic acids is 7. The van der Waals surface area contributed by atoms with Gasteiger partial charge in [0.15, 0.2) is 0 Å². The summed E-state index contributed by atoms with van der Waals surface area (Å²) in [5, 5.41) is 81.3. The summed E-state index contributed by atoms with van der Waals surface area (Å²) in [5.41, 5.74) is 1.01. The number of nitrogens with one attached hydrogen (secondary N) is 6. The van der Waals surface area contributed by atoms with Gasteiger partial charge in [-0.2, -0.15) is 0 Å². The highest BCUT2D eigenvalue weighted by Crippen LogP contribution is 2.28. The third-order valence-electron chi connectivity index (χ3n) is 12.9. The fourth-order valence-electron chi connectivity index (χ4n) is 8.23. The average molecular weight is 1210 g/mol. The van der Waals surface area contributed by atoms with Crippen LogP contribution in [0.4, 0.5) is 0 Å². The summed E-state index contributed by atoms with van der Waals surface area (Å²) < 4.78 is 22.0. The van der Waals surface area contributed by atoms with Gasteiger partial charge in [-0.15, -0.1) is 0 Å². The van der Waals surface area contributed by atoms with Crippen LogP contribution in [0.5, 0.6) is 11.5 Å². The van der Waals surface area contributed by atoms with Crippen LogP contribution in [0.3, 0.4) is 0 Å². The molecule has 462 valence electrons. The van der Waals surface area contributed by atoms with E-state index >= 15 is 0 Å². The van der Waals surface area contributed by atoms with Crippen LogP contribution in [-0.2, 0) is 76.6 Å². The molecule has 31 nitrogen and oxygen atoms in total. The molecule has 0 saturated carbocycles. The predicted molar refractivity (Wildman–Crippen MR) is 291 cm³/mol. The van der Waals surface area contributed by atoms with Crippen molar-refractivity contribution in [2.24, 2.45) is 0 Å². The second kappa shape index (κ2) is 31.8. The topological polar surface area (TPSA) is 490 Å². The third kappa shape index (κ3) is 21.1. The standard InChI is InChI=1S/C55H62N6O25/c1-25(27-5-7-31-15-33(83-3)11-9-29(31)13-27)54(81)85-24-35(86-55(82)26(2)28-6-8-32-16-34(84-4)12-10-30(32)14-28)23-56-36(17-42(62)63)48(74)57-37(18-43(64)65)49(75)58-38(19-44(66)67)50(76)59-39(20-45(68)69)51(77)60-40(21-46(70)71)52(78)61-41(53(79)80)22-47(72)73/h5-16,25-26,35-41,56H,17-24H2,1-4H3,(H,57,74)(H,58,75)(H,59,76)(H,60,77)(H,61,78)(H,62,63)(H,64,65)(H,66,67)(H,68,69)(H,70,71)(H,72,73)(H,79,80)/t25-,26-,35?,36?,37?,38?,39?,40?,41?/m0/s1. The van der Waals surface area contributed by atoms with E-state index in [0.717, 1.165) is 21.5 Å². The van der Waals surface area contributed by atoms with Crippen LogP contribution in [0, 0.1) is 0 Å². The minimum absolute atomic E-state index is 0.483. The molecule has 0 aliphatic rings. The zero-order valence-electron chi connectivity index (χ0n) is 46.3. The van der Waals surface area contributed by atoms with Gasteiger partial charge in [0.1, 0.15) is 54.4 Å². The molecule has 4 aromatic carbocycles. The molecule has 4 rings (SSSR count). The number of hydrogen-bond donors (Lipinski definition) is 13. The van der Waals surface area contributed by atoms with Gasteiger partial charge in [0.2, 0.25) is 29.5 Å². The van der Waals surface area contributed by atoms with Gasteiger partial charge in [0, 0.05) is 6.54 Å². The highest BCUT2D eigenvalue weighted by atomic mass is 16.6. The minimum Gasteiger partial charge on any atom is -0.497 e. The number of carbonyl (C=O) groups is 14. The zero-order chi connectivity index (χ0) is 64.1. The first-order valence-corrected chi connectivity index (χ1v) is 25.8. The summed E-state index contributed by atoms with van der Waals surface area (Å²) in [7, 11) is 3.00. The fourth-order valence-corrected chi connectivity index (χ4v) is 8.23. The van der Waals surface area contributed by atoms with Crippen LogP contribution in [0.1, 0.15) is 75.3 Å². The number of rotatable bonds is 35. The molecule has 0 saturated heterocycles. The first-order chi connectivity index (χ1) is 40.5. The summed E-state index contributed by atoms with van der Waals surface area (Å²) in [6, 6.07) is 7.46. The molecule has 0 aromatic heterocycles. The molecule has 0 aliphatic heterocycles. The summed E-state index contributed by atoms with van der Waals surface area (Å²) in [5.74, 6) is -23.0. The maximum absolute atomic E-state index is 13.9. The first-order valence-electron chi connectivity index (χ1n) is 25.8. The Hall–Kier alpha value is -10.5. The van der Waals surface area contributed by atoms with E-state index in [9.17, 15) is 97.8 Å². The SMILES string of the molecule is COc1ccc2cc([C@H](C)C(=O)OCC(CNC(CC(=O)O)C(=O)NC(CC(=O)O)C(=O)NC(CC(=O)O)C(=O)NC(CC(=O)O)C(=O)NC(CC(=O)O)C(=O)NC(CC(=O)O)C(=O)O)OC(=O)[C@@H](C)c3ccc4cc(OC)ccc4c3)ccc2c1. The van der Waals surface area contributed by atoms with Crippen molar-refractivity contribution in [1.82, 2.24) is 31.9 Å². The molecular weight excluding hydrogens is 1140 g/mol. The molecular formula is C55H62N6O25. The van der Waals surface area contributed by atoms with Crippen molar-refractivity contribution < 1.29 is 122 Å². The highest BCUT2D eigenvalue weighted by Gasteiger charge is 2.37. The van der Waals surface area contributed by atoms with Crippen LogP contribution >= 0.6 is 0 Å². The van der Waals surface area contributed by atoms with E-state index in [1.54, 1.807) is 95.7 Å². The van der Waals surface area contributed by atoms with E-state index in [1.807, 2.05) is 10.6 Å². The average Bonchev–Trinajstić information content (AvgIpc) is 1.73. The van der Waals surface area contributed by atoms with Crippen molar-refractivity contribution in [2.75, 3.05) is 27.4 Å². The molecule has 0 heterocycles. The number of aliphatic carboxylic acids is 7. The number of carboxylic acid groups (broad SMARTS) is 7. The molecule has 31 heteroatoms. The molecule has 0 aliphatic carbocycles. The highest BCUT2D eigenvalue weighted by molar-refractivity contribution is 6.00. The lowest BCUT2D eigenvalue weighted by atomic mass is 9.97. The van der Waals surface area contributed by atoms with E-state index < -0.39 is 189 Å². The van der Waals surface area contributed by atoms with Crippen LogP contribution in [-0.4, -0.2) is 189 Å². The summed E-state index contributed by atoms with van der Waals surface area (Å²) >= 11 is 0. The number of esters is 2. The molecule has 86 heavy (non-hydrogen) atoms. The van der Waals surface area contributed by atoms with Gasteiger partial charge in [0.05, 0.1) is 70.6 Å². The smallest absolute Gasteiger partial charge is 0.326 e. The van der Waals surface area contributed by atoms with Gasteiger partial charge in [-0.3, -0.25) is 62.3 Å². The number of fused-ring (bicyclic) bond motifs is 2. The predicted octanol–water partition coefficient (Wildman–Crippen LogP) is -0.313. The Morgan fingerprint density at radius 2 is 0.698 bits per heavy atom. The molecule has 0 fully saturated rings. The Morgan fingerprint density at radius 3 is 1.05 bits per heavy atom. The van der Waals surface area contributed by atoms with Crippen molar-refractivity contribution in [2.45, 2.75) is 107 Å². The largest absolute Gasteiger partial charge is 0.497 e. The van der Waals surface area contributed by atoms with E-state index in [4.69, 9.17) is 24.1 Å². The van der Waals surface area contributed by atoms with Gasteiger partial charge >= 0.3 is 53.7 Å². The Bertz CT molecular complexity index is 3260. The van der Waals surface area contributed by atoms with Gasteiger partial charge < -0.3 is 86.6 Å². The fraction of sp³-hybridized carbons (Fsp3) is 0.382. The lowest BCUT2D eigenvalue weighted by Crippen LogP contribution is -2.60. The van der Waals surface area contributed by atoms with E-state index in [1.165, 1.54) is 21.1 Å². The molecule has 5 amide bonds. The molecule has 0 bridgehead atoms. The van der Waals surface area contributed by atoms with Crippen LogP contribution in [0.25, 0.3) is 21.5 Å². The minimum atomic E-state index is -2.37. The summed E-state index contributed by atoms with van der Waals surface area (Å²) in [6.07, 6.45) is -9.32. The van der Waals surface area contributed by atoms with Gasteiger partial charge in [-0.25, -0.2) is 4.79 Å². The second-order valence-corrected chi connectivity index (χ2v) is 19.3. The third-order valence-corrected chi connectivity index (χ3v) is 12.9. The first kappa shape index (κ1) is 68.0. The lowest BCUT2D eigenvalue weighted by Gasteiger charge is -2.26. The number of ether oxygens (including phenoxy) is 4. The summed E-state index contributed by atoms with van der Waals surface area (Å²) in [6.45, 7) is 1.72. The molecule has 13 N–H and O–H groups in total. The normalized spacial score (nSPS) is 14.1. The lowest BCUT2D eigenvalue weighted by molar-refractivity contribution is -0.160. The Kier molecular flexibility index (Phi) is 25.2. The van der Waals surface area contributed by atoms with Crippen molar-refractivity contribution in [3.63, 3.8) is 0 Å². The van der Waals surface area contributed by atoms with Crippen molar-refractivity contribution >= 4 is 105 Å². The molecule has 0 spiro atoms. The number of amides is 5. The maximum atomic E-state index is 13.9. The maximum Gasteiger partial charge on any atom is 0.326 e. The molecule has 7 unspecified atom stereocenters. The van der Waals surface area contributed by atoms with Gasteiger partial charge in [-0.1, -0.05) is 48.5 Å². The van der Waals surface area contributed by atoms with Crippen LogP contribution in [0.15, 0.2) is 72.8 Å². The Labute approximate surface area is 486 Å². The van der Waals surface area contributed by atoms with E-state index in [-0.39, 0.29) is 0 Å². The Balaban J connectivity index is 1.58. The van der Waals surface area contributed by atoms with Crippen LogP contribution < -0.4 is 41.4 Å². The quantitative estimate of drug-likeness (QED) is 0.0263. The van der Waals surface area contributed by atoms with Crippen molar-refractivity contribution in [1.29, 1.82) is 0 Å². The zero-order valence-corrected chi connectivity index (χ0v) is 46.3.